The zero-order chi connectivity index (χ0) is 11.4. The molecule has 5 nitrogen and oxygen atoms in total. The lowest BCUT2D eigenvalue weighted by molar-refractivity contribution is 0.0975. The molecule has 5 heteroatoms. The second-order valence-electron chi connectivity index (χ2n) is 4.00. The first-order valence-electron chi connectivity index (χ1n) is 5.58. The number of aromatic nitrogens is 3. The lowest BCUT2D eigenvalue weighted by atomic mass is 10.1. The van der Waals surface area contributed by atoms with Gasteiger partial charge in [-0.2, -0.15) is 0 Å². The number of rotatable bonds is 6. The minimum Gasteiger partial charge on any atom is -0.312 e. The number of nitrogens with one attached hydrogen (secondary N) is 1. The molecule has 0 spiro atoms. The van der Waals surface area contributed by atoms with Gasteiger partial charge in [0, 0.05) is 19.5 Å². The van der Waals surface area contributed by atoms with Crippen LogP contribution >= 0.6 is 0 Å². The fourth-order valence-electron chi connectivity index (χ4n) is 1.58. The number of carbonyl (C=O) groups is 1. The van der Waals surface area contributed by atoms with Crippen LogP contribution in [0.2, 0.25) is 0 Å². The Morgan fingerprint density at radius 3 is 3.12 bits per heavy atom. The highest BCUT2D eigenvalue weighted by Gasteiger charge is 2.21. The van der Waals surface area contributed by atoms with E-state index in [4.69, 9.17) is 0 Å². The number of Topliss-reactive ketones (excluding diaryl/α,β-unsaturated/α-hetero) is 1. The van der Waals surface area contributed by atoms with Gasteiger partial charge in [0.05, 0.1) is 12.2 Å². The molecule has 0 amide bonds. The van der Waals surface area contributed by atoms with Crippen molar-refractivity contribution in [3.63, 3.8) is 0 Å². The van der Waals surface area contributed by atoms with Crippen LogP contribution in [-0.4, -0.2) is 33.9 Å². The Labute approximate surface area is 94.5 Å². The molecule has 0 aromatic carbocycles. The molecular weight excluding hydrogens is 204 g/mol. The molecule has 0 bridgehead atoms. The number of ketones is 1. The predicted octanol–water partition coefficient (Wildman–Crippen LogP) is 0.961. The van der Waals surface area contributed by atoms with Crippen molar-refractivity contribution in [1.82, 2.24) is 20.3 Å². The van der Waals surface area contributed by atoms with Crippen LogP contribution in [0.1, 0.15) is 35.8 Å². The van der Waals surface area contributed by atoms with Crippen LogP contribution < -0.4 is 5.32 Å². The minimum absolute atomic E-state index is 0.0698. The molecule has 1 aromatic heterocycles. The van der Waals surface area contributed by atoms with Gasteiger partial charge in [0.25, 0.3) is 0 Å². The van der Waals surface area contributed by atoms with E-state index < -0.39 is 0 Å². The van der Waals surface area contributed by atoms with Crippen molar-refractivity contribution < 1.29 is 4.79 Å². The van der Waals surface area contributed by atoms with Gasteiger partial charge in [-0.15, -0.1) is 11.7 Å². The van der Waals surface area contributed by atoms with Crippen LogP contribution in [0, 0.1) is 0 Å². The monoisotopic (exact) mass is 220 g/mol. The van der Waals surface area contributed by atoms with Gasteiger partial charge in [0.15, 0.2) is 5.78 Å². The molecule has 16 heavy (non-hydrogen) atoms. The van der Waals surface area contributed by atoms with Gasteiger partial charge in [0.2, 0.25) is 0 Å². The number of allylic oxidation sites excluding steroid dienone is 1. The van der Waals surface area contributed by atoms with Crippen LogP contribution in [0.3, 0.4) is 0 Å². The maximum atomic E-state index is 11.7. The van der Waals surface area contributed by atoms with E-state index in [1.165, 1.54) is 0 Å². The molecule has 1 fully saturated rings. The summed E-state index contributed by atoms with van der Waals surface area (Å²) >= 11 is 0. The highest BCUT2D eigenvalue weighted by atomic mass is 16.1. The molecule has 86 valence electrons. The van der Waals surface area contributed by atoms with Gasteiger partial charge in [-0.1, -0.05) is 11.3 Å². The topological polar surface area (TPSA) is 59.8 Å². The third kappa shape index (κ3) is 2.36. The molecule has 0 saturated carbocycles. The van der Waals surface area contributed by atoms with Crippen LogP contribution in [0.15, 0.2) is 18.9 Å². The first kappa shape index (κ1) is 11.0. The second-order valence-corrected chi connectivity index (χ2v) is 4.00. The largest absolute Gasteiger partial charge is 0.312 e. The van der Waals surface area contributed by atoms with Crippen molar-refractivity contribution >= 4 is 5.78 Å². The van der Waals surface area contributed by atoms with Crippen molar-refractivity contribution in [2.45, 2.75) is 25.3 Å². The summed E-state index contributed by atoms with van der Waals surface area (Å²) in [6, 6.07) is 0.363. The van der Waals surface area contributed by atoms with E-state index in [-0.39, 0.29) is 5.78 Å². The van der Waals surface area contributed by atoms with Gasteiger partial charge in [-0.3, -0.25) is 4.79 Å². The molecule has 2 heterocycles. The Hall–Kier alpha value is -1.49. The van der Waals surface area contributed by atoms with E-state index in [2.05, 4.69) is 22.2 Å². The molecule has 0 radical (unpaired) electrons. The van der Waals surface area contributed by atoms with Crippen molar-refractivity contribution in [1.29, 1.82) is 0 Å². The lowest BCUT2D eigenvalue weighted by Gasteiger charge is -2.26. The minimum atomic E-state index is 0.0698. The highest BCUT2D eigenvalue weighted by molar-refractivity contribution is 5.93. The Bertz CT molecular complexity index is 381. The zero-order valence-corrected chi connectivity index (χ0v) is 9.22. The van der Waals surface area contributed by atoms with Crippen molar-refractivity contribution in [3.05, 3.63) is 24.5 Å². The van der Waals surface area contributed by atoms with Crippen LogP contribution in [0.25, 0.3) is 0 Å². The average Bonchev–Trinajstić information content (AvgIpc) is 2.64. The van der Waals surface area contributed by atoms with E-state index in [1.807, 2.05) is 6.08 Å². The summed E-state index contributed by atoms with van der Waals surface area (Å²) in [6.45, 7) is 5.45. The van der Waals surface area contributed by atoms with E-state index in [9.17, 15) is 4.79 Å². The summed E-state index contributed by atoms with van der Waals surface area (Å²) in [5.74, 6) is 0.0698. The Balaban J connectivity index is 1.90. The molecule has 1 saturated heterocycles. The SMILES string of the molecule is C=CCCCC(=O)c1cn(C2CNC2)nn1. The van der Waals surface area contributed by atoms with E-state index in [0.717, 1.165) is 25.9 Å². The maximum absolute atomic E-state index is 11.7. The molecule has 1 aliphatic rings. The fraction of sp³-hybridized carbons (Fsp3) is 0.545. The summed E-state index contributed by atoms with van der Waals surface area (Å²) in [5, 5.41) is 11.0. The predicted molar refractivity (Wildman–Crippen MR) is 60.3 cm³/mol. The van der Waals surface area contributed by atoms with Crippen molar-refractivity contribution in [2.24, 2.45) is 0 Å². The molecule has 0 unspecified atom stereocenters. The number of hydrogen-bond donors (Lipinski definition) is 1. The summed E-state index contributed by atoms with van der Waals surface area (Å²) in [5.41, 5.74) is 0.482. The van der Waals surface area contributed by atoms with Gasteiger partial charge < -0.3 is 5.32 Å². The summed E-state index contributed by atoms with van der Waals surface area (Å²) in [6.07, 6.45) is 5.80. The van der Waals surface area contributed by atoms with Crippen molar-refractivity contribution in [3.8, 4) is 0 Å². The van der Waals surface area contributed by atoms with Gasteiger partial charge in [-0.05, 0) is 12.8 Å². The first-order valence-corrected chi connectivity index (χ1v) is 5.58. The Kier molecular flexibility index (Phi) is 3.46. The number of hydrogen-bond acceptors (Lipinski definition) is 4. The summed E-state index contributed by atoms with van der Waals surface area (Å²) in [4.78, 5) is 11.7. The lowest BCUT2D eigenvalue weighted by Crippen LogP contribution is -2.43. The number of unbranched alkanes of at least 4 members (excludes halogenated alkanes) is 1. The van der Waals surface area contributed by atoms with Gasteiger partial charge in [0.1, 0.15) is 5.69 Å². The van der Waals surface area contributed by atoms with E-state index >= 15 is 0 Å². The smallest absolute Gasteiger partial charge is 0.184 e. The standard InChI is InChI=1S/C11H16N4O/c1-2-3-4-5-11(16)10-8-15(14-13-10)9-6-12-7-9/h2,8-9,12H,1,3-7H2. The zero-order valence-electron chi connectivity index (χ0n) is 9.22. The number of nitrogens with zero attached hydrogens (tertiary/aromatic N) is 3. The van der Waals surface area contributed by atoms with Crippen LogP contribution in [0.5, 0.6) is 0 Å². The third-order valence-electron chi connectivity index (χ3n) is 2.74. The molecule has 1 aliphatic heterocycles. The highest BCUT2D eigenvalue weighted by Crippen LogP contribution is 2.11. The molecule has 1 aromatic rings. The first-order chi connectivity index (χ1) is 7.81. The van der Waals surface area contributed by atoms with Crippen LogP contribution in [-0.2, 0) is 0 Å². The maximum Gasteiger partial charge on any atom is 0.184 e. The molecular formula is C11H16N4O. The van der Waals surface area contributed by atoms with E-state index in [1.54, 1.807) is 10.9 Å². The molecule has 0 aliphatic carbocycles. The quantitative estimate of drug-likeness (QED) is 0.441. The number of carbonyl (C=O) groups excluding carboxylic acids is 1. The Morgan fingerprint density at radius 1 is 1.69 bits per heavy atom. The summed E-state index contributed by atoms with van der Waals surface area (Å²) < 4.78 is 1.78. The van der Waals surface area contributed by atoms with Gasteiger partial charge in [-0.25, -0.2) is 4.68 Å². The molecule has 1 N–H and O–H groups in total. The normalized spacial score (nSPS) is 15.8. The molecule has 0 atom stereocenters. The fourth-order valence-corrected chi connectivity index (χ4v) is 1.58. The average molecular weight is 220 g/mol. The van der Waals surface area contributed by atoms with Crippen molar-refractivity contribution in [2.75, 3.05) is 13.1 Å². The second kappa shape index (κ2) is 5.03. The van der Waals surface area contributed by atoms with Gasteiger partial charge >= 0.3 is 0 Å². The molecule has 2 rings (SSSR count). The summed E-state index contributed by atoms with van der Waals surface area (Å²) in [7, 11) is 0. The van der Waals surface area contributed by atoms with Crippen LogP contribution in [0.4, 0.5) is 0 Å². The van der Waals surface area contributed by atoms with E-state index in [0.29, 0.717) is 18.2 Å². The Morgan fingerprint density at radius 2 is 2.50 bits per heavy atom. The third-order valence-corrected chi connectivity index (χ3v) is 2.74.